The number of rotatable bonds is 4. The maximum atomic E-state index is 12.7. The second-order valence-electron chi connectivity index (χ2n) is 6.96. The highest BCUT2D eigenvalue weighted by Crippen LogP contribution is 2.27. The van der Waals surface area contributed by atoms with E-state index in [2.05, 4.69) is 17.3 Å². The summed E-state index contributed by atoms with van der Waals surface area (Å²) >= 11 is 0. The molecule has 0 radical (unpaired) electrons. The van der Waals surface area contributed by atoms with Crippen LogP contribution in [0.4, 0.5) is 10.6 Å². The fourth-order valence-electron chi connectivity index (χ4n) is 3.35. The van der Waals surface area contributed by atoms with Crippen LogP contribution in [0.3, 0.4) is 0 Å². The van der Waals surface area contributed by atoms with Gasteiger partial charge in [0, 0.05) is 24.2 Å². The van der Waals surface area contributed by atoms with Gasteiger partial charge in [0.1, 0.15) is 5.82 Å². The summed E-state index contributed by atoms with van der Waals surface area (Å²) in [7, 11) is 0. The highest BCUT2D eigenvalue weighted by molar-refractivity contribution is 5.89. The minimum absolute atomic E-state index is 0.00665. The van der Waals surface area contributed by atoms with Crippen molar-refractivity contribution in [1.29, 1.82) is 0 Å². The van der Waals surface area contributed by atoms with E-state index >= 15 is 0 Å². The van der Waals surface area contributed by atoms with Gasteiger partial charge in [-0.3, -0.25) is 5.32 Å². The van der Waals surface area contributed by atoms with Crippen LogP contribution in [0.15, 0.2) is 36.4 Å². The molecule has 1 aliphatic rings. The van der Waals surface area contributed by atoms with Gasteiger partial charge >= 0.3 is 6.03 Å². The van der Waals surface area contributed by atoms with Crippen molar-refractivity contribution in [3.05, 3.63) is 36.4 Å². The number of aliphatic hydroxyl groups excluding tert-OH is 1. The zero-order valence-corrected chi connectivity index (χ0v) is 15.0. The van der Waals surface area contributed by atoms with Crippen LogP contribution in [0, 0.1) is 5.92 Å². The SMILES string of the molecule is CC(C)n1nc(-c2ccccc2)cc1NC(=O)N1CC[C@H](C)[C@@H]1CO. The van der Waals surface area contributed by atoms with E-state index in [1.165, 1.54) is 0 Å². The first-order valence-electron chi connectivity index (χ1n) is 8.84. The van der Waals surface area contributed by atoms with Crippen LogP contribution in [-0.2, 0) is 0 Å². The molecule has 1 aromatic heterocycles. The zero-order valence-electron chi connectivity index (χ0n) is 15.0. The number of urea groups is 1. The van der Waals surface area contributed by atoms with Crippen molar-refractivity contribution in [1.82, 2.24) is 14.7 Å². The first-order valence-corrected chi connectivity index (χ1v) is 8.84. The maximum absolute atomic E-state index is 12.7. The van der Waals surface area contributed by atoms with Crippen LogP contribution in [0.1, 0.15) is 33.2 Å². The van der Waals surface area contributed by atoms with Crippen LogP contribution >= 0.6 is 0 Å². The monoisotopic (exact) mass is 342 g/mol. The molecule has 2 atom stereocenters. The molecule has 1 aliphatic heterocycles. The molecular formula is C19H26N4O2. The molecule has 6 heteroatoms. The Morgan fingerprint density at radius 2 is 2.08 bits per heavy atom. The maximum Gasteiger partial charge on any atom is 0.323 e. The Bertz CT molecular complexity index is 726. The number of anilines is 1. The lowest BCUT2D eigenvalue weighted by atomic mass is 10.0. The normalized spacial score (nSPS) is 20.3. The topological polar surface area (TPSA) is 70.4 Å². The second kappa shape index (κ2) is 7.27. The van der Waals surface area contributed by atoms with E-state index in [9.17, 15) is 9.90 Å². The minimum atomic E-state index is -0.176. The van der Waals surface area contributed by atoms with Crippen molar-refractivity contribution in [3.8, 4) is 11.3 Å². The summed E-state index contributed by atoms with van der Waals surface area (Å²) in [5.74, 6) is 0.987. The van der Waals surface area contributed by atoms with E-state index in [4.69, 9.17) is 0 Å². The third-order valence-electron chi connectivity index (χ3n) is 4.86. The Morgan fingerprint density at radius 3 is 2.72 bits per heavy atom. The molecule has 0 saturated carbocycles. The number of hydrogen-bond donors (Lipinski definition) is 2. The number of nitrogens with one attached hydrogen (secondary N) is 1. The Morgan fingerprint density at radius 1 is 1.36 bits per heavy atom. The molecular weight excluding hydrogens is 316 g/mol. The first-order chi connectivity index (χ1) is 12.0. The van der Waals surface area contributed by atoms with Crippen LogP contribution in [0.5, 0.6) is 0 Å². The van der Waals surface area contributed by atoms with Crippen molar-refractivity contribution in [2.45, 2.75) is 39.3 Å². The van der Waals surface area contributed by atoms with Gasteiger partial charge in [-0.1, -0.05) is 37.3 Å². The Hall–Kier alpha value is -2.34. The summed E-state index contributed by atoms with van der Waals surface area (Å²) in [6.07, 6.45) is 0.914. The third kappa shape index (κ3) is 3.54. The van der Waals surface area contributed by atoms with Gasteiger partial charge in [0.25, 0.3) is 0 Å². The molecule has 3 rings (SSSR count). The molecule has 0 spiro atoms. The smallest absolute Gasteiger partial charge is 0.323 e. The van der Waals surface area contributed by atoms with Gasteiger partial charge in [0.2, 0.25) is 0 Å². The number of carbonyl (C=O) groups excluding carboxylic acids is 1. The van der Waals surface area contributed by atoms with Gasteiger partial charge in [-0.2, -0.15) is 5.10 Å². The number of benzene rings is 1. The van der Waals surface area contributed by atoms with Crippen LogP contribution < -0.4 is 5.32 Å². The van der Waals surface area contributed by atoms with E-state index < -0.39 is 0 Å². The molecule has 25 heavy (non-hydrogen) atoms. The highest BCUT2D eigenvalue weighted by atomic mass is 16.3. The molecule has 2 heterocycles. The van der Waals surface area contributed by atoms with E-state index in [1.54, 1.807) is 4.90 Å². The Balaban J connectivity index is 1.84. The van der Waals surface area contributed by atoms with Gasteiger partial charge in [-0.25, -0.2) is 9.48 Å². The molecule has 2 N–H and O–H groups in total. The first kappa shape index (κ1) is 17.5. The van der Waals surface area contributed by atoms with E-state index in [0.717, 1.165) is 17.7 Å². The van der Waals surface area contributed by atoms with Crippen molar-refractivity contribution >= 4 is 11.8 Å². The van der Waals surface area contributed by atoms with Crippen LogP contribution in [0.25, 0.3) is 11.3 Å². The summed E-state index contributed by atoms with van der Waals surface area (Å²) in [4.78, 5) is 14.4. The Kier molecular flexibility index (Phi) is 5.08. The van der Waals surface area contributed by atoms with Gasteiger partial charge in [0.05, 0.1) is 18.3 Å². The van der Waals surface area contributed by atoms with Crippen LogP contribution in [-0.4, -0.2) is 45.0 Å². The minimum Gasteiger partial charge on any atom is -0.394 e. The van der Waals surface area contributed by atoms with Gasteiger partial charge in [0.15, 0.2) is 0 Å². The molecule has 134 valence electrons. The number of amides is 2. The molecule has 0 aliphatic carbocycles. The zero-order chi connectivity index (χ0) is 18.0. The largest absolute Gasteiger partial charge is 0.394 e. The molecule has 0 bridgehead atoms. The molecule has 1 saturated heterocycles. The lowest BCUT2D eigenvalue weighted by molar-refractivity contribution is 0.152. The third-order valence-corrected chi connectivity index (χ3v) is 4.86. The van der Waals surface area contributed by atoms with Crippen molar-refractivity contribution in [2.24, 2.45) is 5.92 Å². The number of carbonyl (C=O) groups is 1. The quantitative estimate of drug-likeness (QED) is 0.895. The molecule has 1 fully saturated rings. The van der Waals surface area contributed by atoms with Gasteiger partial charge < -0.3 is 10.0 Å². The number of aromatic nitrogens is 2. The predicted molar refractivity (Wildman–Crippen MR) is 98.4 cm³/mol. The summed E-state index contributed by atoms with van der Waals surface area (Å²) in [6, 6.07) is 11.6. The number of hydrogen-bond acceptors (Lipinski definition) is 3. The number of likely N-dealkylation sites (tertiary alicyclic amines) is 1. The van der Waals surface area contributed by atoms with Crippen LogP contribution in [0.2, 0.25) is 0 Å². The fourth-order valence-corrected chi connectivity index (χ4v) is 3.35. The second-order valence-corrected chi connectivity index (χ2v) is 6.96. The standard InChI is InChI=1S/C19H26N4O2/c1-13(2)23-18(11-16(21-23)15-7-5-4-6-8-15)20-19(25)22-10-9-14(3)17(22)12-24/h4-8,11,13-14,17,24H,9-10,12H2,1-3H3,(H,20,25)/t14-,17-/m0/s1. The summed E-state index contributed by atoms with van der Waals surface area (Å²) in [5.41, 5.74) is 1.85. The summed E-state index contributed by atoms with van der Waals surface area (Å²) in [6.45, 7) is 6.80. The molecule has 1 aromatic carbocycles. The highest BCUT2D eigenvalue weighted by Gasteiger charge is 2.34. The van der Waals surface area contributed by atoms with E-state index in [0.29, 0.717) is 18.3 Å². The average Bonchev–Trinajstić information content (AvgIpc) is 3.19. The van der Waals surface area contributed by atoms with Gasteiger partial charge in [-0.15, -0.1) is 0 Å². The van der Waals surface area contributed by atoms with Gasteiger partial charge in [-0.05, 0) is 26.2 Å². The molecule has 6 nitrogen and oxygen atoms in total. The van der Waals surface area contributed by atoms with E-state index in [1.807, 2.05) is 54.9 Å². The summed E-state index contributed by atoms with van der Waals surface area (Å²) < 4.78 is 1.83. The lowest BCUT2D eigenvalue weighted by Crippen LogP contribution is -2.42. The van der Waals surface area contributed by atoms with Crippen molar-refractivity contribution in [3.63, 3.8) is 0 Å². The van der Waals surface area contributed by atoms with Crippen molar-refractivity contribution < 1.29 is 9.90 Å². The molecule has 2 amide bonds. The average molecular weight is 342 g/mol. The van der Waals surface area contributed by atoms with Crippen molar-refractivity contribution in [2.75, 3.05) is 18.5 Å². The number of aliphatic hydroxyl groups is 1. The Labute approximate surface area is 148 Å². The number of nitrogens with zero attached hydrogens (tertiary/aromatic N) is 3. The van der Waals surface area contributed by atoms with E-state index in [-0.39, 0.29) is 24.7 Å². The predicted octanol–water partition coefficient (Wildman–Crippen LogP) is 3.37. The molecule has 2 aromatic rings. The lowest BCUT2D eigenvalue weighted by Gasteiger charge is -2.25. The molecule has 0 unspecified atom stereocenters. The summed E-state index contributed by atoms with van der Waals surface area (Å²) in [5, 5.41) is 17.2. The fraction of sp³-hybridized carbons (Fsp3) is 0.474.